The Balaban J connectivity index is 0.00000361. The summed E-state index contributed by atoms with van der Waals surface area (Å²) in [4.78, 5) is 11.8. The summed E-state index contributed by atoms with van der Waals surface area (Å²) in [5.74, 6) is 1.37. The molecule has 1 amide bonds. The van der Waals surface area contributed by atoms with Crippen molar-refractivity contribution >= 4 is 18.3 Å². The summed E-state index contributed by atoms with van der Waals surface area (Å²) in [7, 11) is 1.73. The average Bonchev–Trinajstić information content (AvgIpc) is 2.43. The van der Waals surface area contributed by atoms with Gasteiger partial charge in [0.15, 0.2) is 0 Å². The molecule has 0 aliphatic carbocycles. The zero-order chi connectivity index (χ0) is 13.9. The van der Waals surface area contributed by atoms with E-state index in [4.69, 9.17) is 4.74 Å². The average molecular weight is 307 g/mol. The molecule has 0 spiro atoms. The van der Waals surface area contributed by atoms with Crippen molar-refractivity contribution in [1.29, 1.82) is 0 Å². The Morgan fingerprint density at radius 3 is 2.85 bits per heavy atom. The summed E-state index contributed by atoms with van der Waals surface area (Å²) < 4.78 is 5.00. The third kappa shape index (κ3) is 8.77. The summed E-state index contributed by atoms with van der Waals surface area (Å²) in [6.07, 6.45) is 6.43. The lowest BCUT2D eigenvalue weighted by molar-refractivity contribution is -0.122. The molecule has 1 aliphatic rings. The summed E-state index contributed by atoms with van der Waals surface area (Å²) in [5, 5.41) is 6.45. The predicted octanol–water partition coefficient (Wildman–Crippen LogP) is 2.37. The van der Waals surface area contributed by atoms with Crippen LogP contribution < -0.4 is 10.6 Å². The normalized spacial score (nSPS) is 20.0. The van der Waals surface area contributed by atoms with Gasteiger partial charge in [-0.2, -0.15) is 0 Å². The lowest BCUT2D eigenvalue weighted by atomic mass is 9.85. The van der Waals surface area contributed by atoms with Gasteiger partial charge < -0.3 is 15.4 Å². The van der Waals surface area contributed by atoms with Crippen molar-refractivity contribution < 1.29 is 9.53 Å². The number of methoxy groups -OCH3 is 1. The number of ether oxygens (including phenoxy) is 1. The summed E-state index contributed by atoms with van der Waals surface area (Å²) in [6.45, 7) is 6.04. The fraction of sp³-hybridized carbons (Fsp3) is 0.933. The van der Waals surface area contributed by atoms with E-state index in [1.165, 1.54) is 12.8 Å². The molecule has 1 aliphatic heterocycles. The fourth-order valence-corrected chi connectivity index (χ4v) is 2.67. The van der Waals surface area contributed by atoms with Crippen LogP contribution in [0.3, 0.4) is 0 Å². The number of hydrogen-bond acceptors (Lipinski definition) is 3. The molecule has 4 nitrogen and oxygen atoms in total. The lowest BCUT2D eigenvalue weighted by Crippen LogP contribution is -2.35. The Kier molecular flexibility index (Phi) is 12.2. The third-order valence-corrected chi connectivity index (χ3v) is 3.99. The first-order valence-corrected chi connectivity index (χ1v) is 7.70. The molecule has 0 saturated carbocycles. The van der Waals surface area contributed by atoms with Gasteiger partial charge in [-0.25, -0.2) is 0 Å². The highest BCUT2D eigenvalue weighted by Gasteiger charge is 2.21. The van der Waals surface area contributed by atoms with Crippen molar-refractivity contribution in [3.63, 3.8) is 0 Å². The molecular weight excluding hydrogens is 276 g/mol. The van der Waals surface area contributed by atoms with Crippen molar-refractivity contribution in [2.45, 2.75) is 45.4 Å². The number of carbonyl (C=O) groups excluding carboxylic acids is 1. The van der Waals surface area contributed by atoms with E-state index in [2.05, 4.69) is 17.6 Å². The zero-order valence-electron chi connectivity index (χ0n) is 13.0. The van der Waals surface area contributed by atoms with Crippen LogP contribution >= 0.6 is 12.4 Å². The Morgan fingerprint density at radius 2 is 2.20 bits per heavy atom. The molecule has 1 saturated heterocycles. The van der Waals surface area contributed by atoms with E-state index in [-0.39, 0.29) is 18.3 Å². The number of rotatable bonds is 9. The topological polar surface area (TPSA) is 50.4 Å². The van der Waals surface area contributed by atoms with E-state index in [1.54, 1.807) is 7.11 Å². The van der Waals surface area contributed by atoms with Crippen LogP contribution in [0.15, 0.2) is 0 Å². The minimum atomic E-state index is 0. The Labute approximate surface area is 129 Å². The van der Waals surface area contributed by atoms with Crippen LogP contribution in [0.5, 0.6) is 0 Å². The molecule has 0 bridgehead atoms. The van der Waals surface area contributed by atoms with Crippen molar-refractivity contribution in [2.24, 2.45) is 11.8 Å². The highest BCUT2D eigenvalue weighted by atomic mass is 35.5. The van der Waals surface area contributed by atoms with Crippen molar-refractivity contribution in [3.8, 4) is 0 Å². The molecule has 120 valence electrons. The predicted molar refractivity (Wildman–Crippen MR) is 85.4 cm³/mol. The molecule has 1 fully saturated rings. The highest BCUT2D eigenvalue weighted by molar-refractivity contribution is 5.85. The van der Waals surface area contributed by atoms with Gasteiger partial charge in [-0.05, 0) is 57.0 Å². The monoisotopic (exact) mass is 306 g/mol. The van der Waals surface area contributed by atoms with Gasteiger partial charge in [-0.1, -0.05) is 6.92 Å². The van der Waals surface area contributed by atoms with Gasteiger partial charge in [-0.3, -0.25) is 4.79 Å². The van der Waals surface area contributed by atoms with Gasteiger partial charge >= 0.3 is 0 Å². The Bertz CT molecular complexity index is 246. The van der Waals surface area contributed by atoms with Crippen LogP contribution in [0.25, 0.3) is 0 Å². The molecule has 2 atom stereocenters. The Hall–Kier alpha value is -0.320. The maximum Gasteiger partial charge on any atom is 0.220 e. The van der Waals surface area contributed by atoms with Gasteiger partial charge in [0.05, 0.1) is 0 Å². The van der Waals surface area contributed by atoms with E-state index in [0.717, 1.165) is 45.5 Å². The number of piperidine rings is 1. The smallest absolute Gasteiger partial charge is 0.220 e. The third-order valence-electron chi connectivity index (χ3n) is 3.99. The first kappa shape index (κ1) is 19.7. The molecule has 2 N–H and O–H groups in total. The molecule has 0 aromatic heterocycles. The molecular formula is C15H31ClN2O2. The van der Waals surface area contributed by atoms with Crippen LogP contribution in [0.2, 0.25) is 0 Å². The number of carbonyl (C=O) groups is 1. The quantitative estimate of drug-likeness (QED) is 0.643. The summed E-state index contributed by atoms with van der Waals surface area (Å²) in [6, 6.07) is 0. The molecule has 0 radical (unpaired) electrons. The SMILES string of the molecule is COCCCCCNC(=O)CC(C)C1CCCNC1.Cl. The second-order valence-electron chi connectivity index (χ2n) is 5.69. The minimum absolute atomic E-state index is 0. The van der Waals surface area contributed by atoms with E-state index < -0.39 is 0 Å². The van der Waals surface area contributed by atoms with E-state index >= 15 is 0 Å². The van der Waals surface area contributed by atoms with Crippen LogP contribution in [0.1, 0.15) is 45.4 Å². The van der Waals surface area contributed by atoms with Crippen LogP contribution in [0.4, 0.5) is 0 Å². The second kappa shape index (κ2) is 12.4. The molecule has 1 heterocycles. The largest absolute Gasteiger partial charge is 0.385 e. The van der Waals surface area contributed by atoms with E-state index in [0.29, 0.717) is 18.3 Å². The Morgan fingerprint density at radius 1 is 1.40 bits per heavy atom. The van der Waals surface area contributed by atoms with Crippen LogP contribution in [-0.2, 0) is 9.53 Å². The van der Waals surface area contributed by atoms with Gasteiger partial charge in [0.1, 0.15) is 0 Å². The number of amides is 1. The summed E-state index contributed by atoms with van der Waals surface area (Å²) >= 11 is 0. The number of hydrogen-bond donors (Lipinski definition) is 2. The number of nitrogens with one attached hydrogen (secondary N) is 2. The van der Waals surface area contributed by atoms with Gasteiger partial charge in [0.2, 0.25) is 5.91 Å². The molecule has 2 unspecified atom stereocenters. The molecule has 20 heavy (non-hydrogen) atoms. The first-order chi connectivity index (χ1) is 9.24. The van der Waals surface area contributed by atoms with Crippen LogP contribution in [0, 0.1) is 11.8 Å². The minimum Gasteiger partial charge on any atom is -0.385 e. The molecule has 5 heteroatoms. The van der Waals surface area contributed by atoms with Crippen molar-refractivity contribution in [3.05, 3.63) is 0 Å². The lowest BCUT2D eigenvalue weighted by Gasteiger charge is -2.28. The second-order valence-corrected chi connectivity index (χ2v) is 5.69. The zero-order valence-corrected chi connectivity index (χ0v) is 13.8. The first-order valence-electron chi connectivity index (χ1n) is 7.70. The van der Waals surface area contributed by atoms with Gasteiger partial charge in [-0.15, -0.1) is 12.4 Å². The van der Waals surface area contributed by atoms with E-state index in [9.17, 15) is 4.79 Å². The summed E-state index contributed by atoms with van der Waals surface area (Å²) in [5.41, 5.74) is 0. The maximum absolute atomic E-state index is 11.8. The van der Waals surface area contributed by atoms with Gasteiger partial charge in [0, 0.05) is 26.7 Å². The highest BCUT2D eigenvalue weighted by Crippen LogP contribution is 2.22. The van der Waals surface area contributed by atoms with E-state index in [1.807, 2.05) is 0 Å². The standard InChI is InChI=1S/C15H30N2O2.ClH/c1-13(14-7-6-8-16-12-14)11-15(18)17-9-4-3-5-10-19-2;/h13-14,16H,3-12H2,1-2H3,(H,17,18);1H. The van der Waals surface area contributed by atoms with Crippen LogP contribution in [-0.4, -0.2) is 39.3 Å². The molecule has 0 aromatic rings. The fourth-order valence-electron chi connectivity index (χ4n) is 2.67. The van der Waals surface area contributed by atoms with Gasteiger partial charge in [0.25, 0.3) is 0 Å². The van der Waals surface area contributed by atoms with Crippen molar-refractivity contribution in [2.75, 3.05) is 33.4 Å². The molecule has 1 rings (SSSR count). The number of unbranched alkanes of at least 4 members (excludes halogenated alkanes) is 2. The molecule has 0 aromatic carbocycles. The maximum atomic E-state index is 11.8. The number of halogens is 1. The van der Waals surface area contributed by atoms with Crippen molar-refractivity contribution in [1.82, 2.24) is 10.6 Å².